The zero-order chi connectivity index (χ0) is 12.2. The lowest BCUT2D eigenvalue weighted by atomic mass is 10.0. The van der Waals surface area contributed by atoms with E-state index in [2.05, 4.69) is 0 Å². The third kappa shape index (κ3) is 4.93. The van der Waals surface area contributed by atoms with Crippen LogP contribution in [0.2, 0.25) is 0 Å². The van der Waals surface area contributed by atoms with Crippen LogP contribution in [0.15, 0.2) is 0 Å². The molecule has 86 valence electrons. The van der Waals surface area contributed by atoms with E-state index in [-0.39, 0.29) is 5.71 Å². The van der Waals surface area contributed by atoms with Gasteiger partial charge in [-0.2, -0.15) is 0 Å². The highest BCUT2D eigenvalue weighted by molar-refractivity contribution is 6.67. The standard InChI is InChI=1S/C10H16ClNO3/c1-5-6(8(11)13)7(12)9(14)15-10(2,3)4/h6,12H,5H2,1-4H3/t6-/m0/s1. The summed E-state index contributed by atoms with van der Waals surface area (Å²) < 4.78 is 4.96. The molecule has 0 bridgehead atoms. The number of halogens is 1. The molecule has 0 amide bonds. The summed E-state index contributed by atoms with van der Waals surface area (Å²) in [7, 11) is 0. The molecular weight excluding hydrogens is 218 g/mol. The highest BCUT2D eigenvalue weighted by Crippen LogP contribution is 2.13. The second kappa shape index (κ2) is 5.26. The van der Waals surface area contributed by atoms with Gasteiger partial charge in [0.1, 0.15) is 11.3 Å². The van der Waals surface area contributed by atoms with E-state index in [9.17, 15) is 9.59 Å². The molecule has 0 rings (SSSR count). The Bertz CT molecular complexity index is 281. The molecule has 0 saturated heterocycles. The second-order valence-corrected chi connectivity index (χ2v) is 4.55. The first-order valence-electron chi connectivity index (χ1n) is 4.70. The molecule has 0 aromatic carbocycles. The topological polar surface area (TPSA) is 67.2 Å². The molecule has 0 fully saturated rings. The average molecular weight is 234 g/mol. The lowest BCUT2D eigenvalue weighted by Crippen LogP contribution is -2.34. The van der Waals surface area contributed by atoms with Gasteiger partial charge in [-0.05, 0) is 38.8 Å². The Morgan fingerprint density at radius 2 is 1.87 bits per heavy atom. The van der Waals surface area contributed by atoms with Crippen LogP contribution in [-0.4, -0.2) is 22.5 Å². The number of ether oxygens (including phenoxy) is 1. The molecule has 0 saturated carbocycles. The first-order valence-corrected chi connectivity index (χ1v) is 5.08. The number of hydrogen-bond acceptors (Lipinski definition) is 4. The molecule has 0 aliphatic heterocycles. The second-order valence-electron chi connectivity index (χ2n) is 4.18. The maximum atomic E-state index is 11.4. The van der Waals surface area contributed by atoms with Gasteiger partial charge in [0, 0.05) is 0 Å². The number of hydrogen-bond donors (Lipinski definition) is 1. The van der Waals surface area contributed by atoms with E-state index in [1.54, 1.807) is 27.7 Å². The summed E-state index contributed by atoms with van der Waals surface area (Å²) in [6.07, 6.45) is 0.320. The Balaban J connectivity index is 4.57. The van der Waals surface area contributed by atoms with Crippen LogP contribution in [0.3, 0.4) is 0 Å². The molecule has 0 aromatic heterocycles. The minimum atomic E-state index is -0.874. The van der Waals surface area contributed by atoms with Crippen LogP contribution in [0.5, 0.6) is 0 Å². The van der Waals surface area contributed by atoms with Gasteiger partial charge >= 0.3 is 5.97 Å². The largest absolute Gasteiger partial charge is 0.455 e. The Labute approximate surface area is 94.4 Å². The summed E-state index contributed by atoms with van der Waals surface area (Å²) in [5.41, 5.74) is -1.05. The van der Waals surface area contributed by atoms with E-state index >= 15 is 0 Å². The zero-order valence-corrected chi connectivity index (χ0v) is 10.1. The number of carbonyl (C=O) groups excluding carboxylic acids is 2. The van der Waals surface area contributed by atoms with Gasteiger partial charge in [0.15, 0.2) is 0 Å². The van der Waals surface area contributed by atoms with Crippen LogP contribution >= 0.6 is 11.6 Å². The van der Waals surface area contributed by atoms with E-state index < -0.39 is 22.7 Å². The van der Waals surface area contributed by atoms with Crippen LogP contribution in [-0.2, 0) is 14.3 Å². The summed E-state index contributed by atoms with van der Waals surface area (Å²) in [6, 6.07) is 0. The third-order valence-corrected chi connectivity index (χ3v) is 1.91. The van der Waals surface area contributed by atoms with Gasteiger partial charge in [-0.25, -0.2) is 4.79 Å². The predicted octanol–water partition coefficient (Wildman–Crippen LogP) is 2.14. The van der Waals surface area contributed by atoms with Crippen LogP contribution in [0.4, 0.5) is 0 Å². The fraction of sp³-hybridized carbons (Fsp3) is 0.700. The van der Waals surface area contributed by atoms with Crippen molar-refractivity contribution in [3.63, 3.8) is 0 Å². The van der Waals surface area contributed by atoms with Crippen LogP contribution in [0.1, 0.15) is 34.1 Å². The van der Waals surface area contributed by atoms with Crippen molar-refractivity contribution in [2.24, 2.45) is 5.92 Å². The van der Waals surface area contributed by atoms with Crippen molar-refractivity contribution < 1.29 is 14.3 Å². The molecule has 15 heavy (non-hydrogen) atoms. The number of rotatable bonds is 4. The van der Waals surface area contributed by atoms with Crippen molar-refractivity contribution in [3.8, 4) is 0 Å². The van der Waals surface area contributed by atoms with Gasteiger partial charge in [0.2, 0.25) is 5.24 Å². The number of nitrogens with one attached hydrogen (secondary N) is 1. The van der Waals surface area contributed by atoms with Gasteiger partial charge < -0.3 is 4.74 Å². The monoisotopic (exact) mass is 233 g/mol. The molecule has 0 heterocycles. The summed E-state index contributed by atoms with van der Waals surface area (Å²) in [6.45, 7) is 6.77. The fourth-order valence-corrected chi connectivity index (χ4v) is 1.22. The third-order valence-electron chi connectivity index (χ3n) is 1.65. The molecule has 0 aliphatic carbocycles. The number of carbonyl (C=O) groups is 2. The van der Waals surface area contributed by atoms with Crippen LogP contribution < -0.4 is 0 Å². The minimum absolute atomic E-state index is 0.320. The SMILES string of the molecule is CC[C@@H](C(=N)C(=O)OC(C)(C)C)C(=O)Cl. The average Bonchev–Trinajstić information content (AvgIpc) is 2.01. The fourth-order valence-electron chi connectivity index (χ4n) is 0.953. The first kappa shape index (κ1) is 14.1. The van der Waals surface area contributed by atoms with E-state index in [4.69, 9.17) is 21.7 Å². The van der Waals surface area contributed by atoms with Crippen LogP contribution in [0.25, 0.3) is 0 Å². The Kier molecular flexibility index (Phi) is 4.94. The van der Waals surface area contributed by atoms with Gasteiger partial charge in [0.25, 0.3) is 0 Å². The highest BCUT2D eigenvalue weighted by atomic mass is 35.5. The van der Waals surface area contributed by atoms with Gasteiger partial charge in [0.05, 0.1) is 5.92 Å². The van der Waals surface area contributed by atoms with Crippen molar-refractivity contribution in [1.82, 2.24) is 0 Å². The molecule has 0 spiro atoms. The van der Waals surface area contributed by atoms with Crippen molar-refractivity contribution in [2.45, 2.75) is 39.7 Å². The molecule has 4 nitrogen and oxygen atoms in total. The maximum Gasteiger partial charge on any atom is 0.353 e. The Morgan fingerprint density at radius 1 is 1.40 bits per heavy atom. The van der Waals surface area contributed by atoms with E-state index in [0.717, 1.165) is 0 Å². The van der Waals surface area contributed by atoms with E-state index in [1.165, 1.54) is 0 Å². The van der Waals surface area contributed by atoms with Crippen molar-refractivity contribution in [1.29, 1.82) is 5.41 Å². The maximum absolute atomic E-state index is 11.4. The quantitative estimate of drug-likeness (QED) is 0.460. The van der Waals surface area contributed by atoms with Gasteiger partial charge in [-0.15, -0.1) is 0 Å². The van der Waals surface area contributed by atoms with Crippen molar-refractivity contribution in [3.05, 3.63) is 0 Å². The van der Waals surface area contributed by atoms with Crippen molar-refractivity contribution >= 4 is 28.5 Å². The van der Waals surface area contributed by atoms with Gasteiger partial charge in [-0.1, -0.05) is 6.92 Å². The smallest absolute Gasteiger partial charge is 0.353 e. The normalized spacial score (nSPS) is 13.1. The van der Waals surface area contributed by atoms with Crippen molar-refractivity contribution in [2.75, 3.05) is 0 Å². The lowest BCUT2D eigenvalue weighted by Gasteiger charge is -2.21. The molecule has 1 N–H and O–H groups in total. The van der Waals surface area contributed by atoms with Gasteiger partial charge in [-0.3, -0.25) is 10.2 Å². The Hall–Kier alpha value is -0.900. The summed E-state index contributed by atoms with van der Waals surface area (Å²) >= 11 is 5.27. The Morgan fingerprint density at radius 3 is 2.13 bits per heavy atom. The minimum Gasteiger partial charge on any atom is -0.455 e. The van der Waals surface area contributed by atoms with E-state index in [1.807, 2.05) is 0 Å². The molecule has 0 aliphatic rings. The number of esters is 1. The zero-order valence-electron chi connectivity index (χ0n) is 9.39. The molecule has 0 radical (unpaired) electrons. The molecular formula is C10H16ClNO3. The van der Waals surface area contributed by atoms with Crippen LogP contribution in [0, 0.1) is 11.3 Å². The predicted molar refractivity (Wildman–Crippen MR) is 58.2 cm³/mol. The highest BCUT2D eigenvalue weighted by Gasteiger charge is 2.29. The molecule has 0 aromatic rings. The van der Waals surface area contributed by atoms with E-state index in [0.29, 0.717) is 6.42 Å². The summed E-state index contributed by atoms with van der Waals surface area (Å²) in [5.74, 6) is -1.66. The summed E-state index contributed by atoms with van der Waals surface area (Å²) in [5, 5.41) is 6.78. The summed E-state index contributed by atoms with van der Waals surface area (Å²) in [4.78, 5) is 22.3. The first-order chi connectivity index (χ1) is 6.69. The molecule has 5 heteroatoms. The molecule has 1 atom stereocenters. The molecule has 0 unspecified atom stereocenters. The lowest BCUT2D eigenvalue weighted by molar-refractivity contribution is -0.146.